The molecule has 7 heteroatoms. The van der Waals surface area contributed by atoms with E-state index in [2.05, 4.69) is 4.98 Å². The van der Waals surface area contributed by atoms with Crippen molar-refractivity contribution in [3.8, 4) is 5.88 Å². The van der Waals surface area contributed by atoms with Gasteiger partial charge in [0.25, 0.3) is 5.88 Å². The number of aromatic nitrogens is 1. The Morgan fingerprint density at radius 3 is 2.88 bits per heavy atom. The summed E-state index contributed by atoms with van der Waals surface area (Å²) < 4.78 is 5.13. The zero-order chi connectivity index (χ0) is 12.8. The van der Waals surface area contributed by atoms with Gasteiger partial charge in [-0.25, -0.2) is 9.78 Å². The van der Waals surface area contributed by atoms with Crippen molar-refractivity contribution < 1.29 is 19.6 Å². The maximum Gasteiger partial charge on any atom is 0.337 e. The van der Waals surface area contributed by atoms with Crippen LogP contribution in [0.2, 0.25) is 0 Å². The molecule has 1 rings (SSSR count). The number of pyridine rings is 1. The summed E-state index contributed by atoms with van der Waals surface area (Å²) in [5.74, 6) is -1.41. The van der Waals surface area contributed by atoms with E-state index in [0.717, 1.165) is 25.1 Å². The minimum absolute atomic E-state index is 0.145. The molecule has 92 valence electrons. The number of aromatic carboxylic acids is 1. The number of hydrogen-bond donors (Lipinski definition) is 1. The van der Waals surface area contributed by atoms with E-state index >= 15 is 0 Å². The molecule has 0 aliphatic carbocycles. The number of nitro groups is 1. The fourth-order valence-corrected chi connectivity index (χ4v) is 1.11. The lowest BCUT2D eigenvalue weighted by Crippen LogP contribution is -2.05. The molecule has 1 N–H and O–H groups in total. The van der Waals surface area contributed by atoms with Crippen LogP contribution in [0.15, 0.2) is 12.3 Å². The van der Waals surface area contributed by atoms with Crippen molar-refractivity contribution >= 4 is 11.7 Å². The molecule has 0 atom stereocenters. The van der Waals surface area contributed by atoms with E-state index in [1.54, 1.807) is 0 Å². The van der Waals surface area contributed by atoms with E-state index in [-0.39, 0.29) is 11.4 Å². The molecule has 0 radical (unpaired) electrons. The van der Waals surface area contributed by atoms with Crippen LogP contribution in [0.25, 0.3) is 0 Å². The molecule has 0 aliphatic rings. The first kappa shape index (κ1) is 12.9. The first-order valence-electron chi connectivity index (χ1n) is 5.06. The number of nitrogens with zero attached hydrogens (tertiary/aromatic N) is 2. The van der Waals surface area contributed by atoms with E-state index in [1.165, 1.54) is 0 Å². The van der Waals surface area contributed by atoms with Gasteiger partial charge in [-0.3, -0.25) is 10.1 Å². The second-order valence-corrected chi connectivity index (χ2v) is 3.31. The quantitative estimate of drug-likeness (QED) is 0.462. The SMILES string of the molecule is CCCCOc1ncc(C(=O)O)cc1[N+](=O)[O-]. The van der Waals surface area contributed by atoms with Crippen LogP contribution in [0, 0.1) is 10.1 Å². The van der Waals surface area contributed by atoms with Crippen molar-refractivity contribution in [1.29, 1.82) is 0 Å². The van der Waals surface area contributed by atoms with E-state index in [0.29, 0.717) is 6.61 Å². The molecular formula is C10H12N2O5. The summed E-state index contributed by atoms with van der Waals surface area (Å²) in [6.07, 6.45) is 2.68. The maximum atomic E-state index is 10.7. The van der Waals surface area contributed by atoms with E-state index in [9.17, 15) is 14.9 Å². The number of hydrogen-bond acceptors (Lipinski definition) is 5. The van der Waals surface area contributed by atoms with Crippen LogP contribution in [0.5, 0.6) is 5.88 Å². The Morgan fingerprint density at radius 2 is 2.35 bits per heavy atom. The molecule has 0 spiro atoms. The van der Waals surface area contributed by atoms with Crippen LogP contribution in [-0.2, 0) is 0 Å². The molecule has 0 amide bonds. The third kappa shape index (κ3) is 3.40. The van der Waals surface area contributed by atoms with Crippen molar-refractivity contribution in [3.63, 3.8) is 0 Å². The largest absolute Gasteiger partial charge is 0.478 e. The van der Waals surface area contributed by atoms with Gasteiger partial charge in [-0.1, -0.05) is 13.3 Å². The highest BCUT2D eigenvalue weighted by molar-refractivity contribution is 5.88. The van der Waals surface area contributed by atoms with Gasteiger partial charge in [-0.05, 0) is 6.42 Å². The molecular weight excluding hydrogens is 228 g/mol. The number of carboxylic acid groups (broad SMARTS) is 1. The average Bonchev–Trinajstić information content (AvgIpc) is 2.29. The molecule has 17 heavy (non-hydrogen) atoms. The van der Waals surface area contributed by atoms with Gasteiger partial charge in [0.15, 0.2) is 0 Å². The Bertz CT molecular complexity index is 433. The minimum Gasteiger partial charge on any atom is -0.478 e. The summed E-state index contributed by atoms with van der Waals surface area (Å²) in [4.78, 5) is 24.3. The number of ether oxygens (including phenoxy) is 1. The lowest BCUT2D eigenvalue weighted by molar-refractivity contribution is -0.386. The average molecular weight is 240 g/mol. The molecule has 1 aromatic rings. The zero-order valence-electron chi connectivity index (χ0n) is 9.25. The van der Waals surface area contributed by atoms with Crippen molar-refractivity contribution in [2.45, 2.75) is 19.8 Å². The first-order chi connectivity index (χ1) is 8.06. The first-order valence-corrected chi connectivity index (χ1v) is 5.06. The van der Waals surface area contributed by atoms with Gasteiger partial charge in [-0.15, -0.1) is 0 Å². The van der Waals surface area contributed by atoms with Crippen molar-refractivity contribution in [1.82, 2.24) is 4.98 Å². The second-order valence-electron chi connectivity index (χ2n) is 3.31. The Morgan fingerprint density at radius 1 is 1.65 bits per heavy atom. The lowest BCUT2D eigenvalue weighted by Gasteiger charge is -2.05. The smallest absolute Gasteiger partial charge is 0.337 e. The second kappa shape index (κ2) is 5.78. The molecule has 0 saturated carbocycles. The highest BCUT2D eigenvalue weighted by atomic mass is 16.6. The van der Waals surface area contributed by atoms with Crippen molar-refractivity contribution in [3.05, 3.63) is 27.9 Å². The molecule has 1 heterocycles. The summed E-state index contributed by atoms with van der Waals surface area (Å²) >= 11 is 0. The van der Waals surface area contributed by atoms with Gasteiger partial charge in [0.2, 0.25) is 0 Å². The molecule has 0 saturated heterocycles. The number of rotatable bonds is 6. The summed E-state index contributed by atoms with van der Waals surface area (Å²) in [5, 5.41) is 19.4. The number of carboxylic acids is 1. The van der Waals surface area contributed by atoms with Crippen molar-refractivity contribution in [2.24, 2.45) is 0 Å². The fourth-order valence-electron chi connectivity index (χ4n) is 1.11. The molecule has 0 unspecified atom stereocenters. The van der Waals surface area contributed by atoms with Gasteiger partial charge < -0.3 is 9.84 Å². The van der Waals surface area contributed by atoms with Gasteiger partial charge in [-0.2, -0.15) is 0 Å². The predicted octanol–water partition coefficient (Wildman–Crippen LogP) is 1.87. The standard InChI is InChI=1S/C10H12N2O5/c1-2-3-4-17-9-8(12(15)16)5-7(6-11-9)10(13)14/h5-6H,2-4H2,1H3,(H,13,14). The van der Waals surface area contributed by atoms with Gasteiger partial charge in [0.05, 0.1) is 17.1 Å². The summed E-state index contributed by atoms with van der Waals surface area (Å²) in [6, 6.07) is 0.941. The predicted molar refractivity (Wildman–Crippen MR) is 58.3 cm³/mol. The summed E-state index contributed by atoms with van der Waals surface area (Å²) in [6.45, 7) is 2.27. The Labute approximate surface area is 97.2 Å². The topological polar surface area (TPSA) is 103 Å². The van der Waals surface area contributed by atoms with E-state index < -0.39 is 16.6 Å². The lowest BCUT2D eigenvalue weighted by atomic mass is 10.2. The molecule has 1 aromatic heterocycles. The van der Waals surface area contributed by atoms with Crippen molar-refractivity contribution in [2.75, 3.05) is 6.61 Å². The summed E-state index contributed by atoms with van der Waals surface area (Å²) in [7, 11) is 0. The molecule has 0 bridgehead atoms. The third-order valence-electron chi connectivity index (χ3n) is 2.01. The van der Waals surface area contributed by atoms with Crippen LogP contribution >= 0.6 is 0 Å². The maximum absolute atomic E-state index is 10.7. The molecule has 0 fully saturated rings. The Hall–Kier alpha value is -2.18. The fraction of sp³-hybridized carbons (Fsp3) is 0.400. The van der Waals surface area contributed by atoms with Crippen LogP contribution in [0.4, 0.5) is 5.69 Å². The zero-order valence-corrected chi connectivity index (χ0v) is 9.25. The number of unbranched alkanes of at least 4 members (excludes halogenated alkanes) is 1. The minimum atomic E-state index is -1.26. The van der Waals surface area contributed by atoms with Gasteiger partial charge in [0.1, 0.15) is 0 Å². The molecule has 0 aliphatic heterocycles. The van der Waals surface area contributed by atoms with Crippen LogP contribution in [0.3, 0.4) is 0 Å². The van der Waals surface area contributed by atoms with E-state index in [1.807, 2.05) is 6.92 Å². The van der Waals surface area contributed by atoms with E-state index in [4.69, 9.17) is 9.84 Å². The molecule has 7 nitrogen and oxygen atoms in total. The van der Waals surface area contributed by atoms with Crippen LogP contribution in [-0.4, -0.2) is 27.6 Å². The highest BCUT2D eigenvalue weighted by Gasteiger charge is 2.20. The van der Waals surface area contributed by atoms with Gasteiger partial charge in [0, 0.05) is 12.3 Å². The third-order valence-corrected chi connectivity index (χ3v) is 2.01. The molecule has 0 aromatic carbocycles. The summed E-state index contributed by atoms with van der Waals surface area (Å²) in [5.41, 5.74) is -0.666. The van der Waals surface area contributed by atoms with Crippen LogP contribution in [0.1, 0.15) is 30.1 Å². The number of carbonyl (C=O) groups is 1. The monoisotopic (exact) mass is 240 g/mol. The normalized spacial score (nSPS) is 9.94. The Kier molecular flexibility index (Phi) is 4.38. The van der Waals surface area contributed by atoms with Gasteiger partial charge >= 0.3 is 11.7 Å². The Balaban J connectivity index is 2.96. The highest BCUT2D eigenvalue weighted by Crippen LogP contribution is 2.25. The van der Waals surface area contributed by atoms with Crippen LogP contribution < -0.4 is 4.74 Å².